The van der Waals surface area contributed by atoms with E-state index in [0.29, 0.717) is 16.3 Å². The Labute approximate surface area is 196 Å². The van der Waals surface area contributed by atoms with Gasteiger partial charge in [0.15, 0.2) is 5.65 Å². The molecule has 2 aromatic heterocycles. The summed E-state index contributed by atoms with van der Waals surface area (Å²) in [5.41, 5.74) is 2.51. The first-order chi connectivity index (χ1) is 15.9. The topological polar surface area (TPSA) is 88.9 Å². The minimum absolute atomic E-state index is 0.0451. The van der Waals surface area contributed by atoms with Crippen molar-refractivity contribution in [1.82, 2.24) is 20.1 Å². The quantitative estimate of drug-likeness (QED) is 0.397. The second kappa shape index (κ2) is 9.83. The lowest BCUT2D eigenvalue weighted by molar-refractivity contribution is -0.116. The fourth-order valence-electron chi connectivity index (χ4n) is 3.60. The standard InChI is InChI=1S/C25H24ClN5O2/c1-16(2)31-24-18(14-28-31)12-19(15-27-24)29-23(32)13-22(17-8-4-3-5-9-17)30-25(33)20-10-6-7-11-21(20)26/h3-12,14-16,22H,13H2,1-2H3,(H,29,32)(H,30,33). The van der Waals surface area contributed by atoms with E-state index in [4.69, 9.17) is 11.6 Å². The number of benzene rings is 2. The number of pyridine rings is 1. The molecule has 0 saturated heterocycles. The van der Waals surface area contributed by atoms with Crippen LogP contribution in [0.5, 0.6) is 0 Å². The monoisotopic (exact) mass is 461 g/mol. The molecular weight excluding hydrogens is 438 g/mol. The highest BCUT2D eigenvalue weighted by atomic mass is 35.5. The molecule has 0 saturated carbocycles. The van der Waals surface area contributed by atoms with Gasteiger partial charge in [-0.3, -0.25) is 9.59 Å². The normalized spacial score (nSPS) is 12.0. The molecule has 8 heteroatoms. The summed E-state index contributed by atoms with van der Waals surface area (Å²) in [6.07, 6.45) is 3.39. The van der Waals surface area contributed by atoms with Gasteiger partial charge in [0.05, 0.1) is 41.1 Å². The van der Waals surface area contributed by atoms with Crippen LogP contribution >= 0.6 is 11.6 Å². The number of fused-ring (bicyclic) bond motifs is 1. The molecule has 4 aromatic rings. The number of hydrogen-bond acceptors (Lipinski definition) is 4. The van der Waals surface area contributed by atoms with Crippen LogP contribution in [0, 0.1) is 0 Å². The maximum absolute atomic E-state index is 12.9. The van der Waals surface area contributed by atoms with Crippen LogP contribution in [0.1, 0.15) is 48.3 Å². The first-order valence-electron chi connectivity index (χ1n) is 10.7. The summed E-state index contributed by atoms with van der Waals surface area (Å²) in [6, 6.07) is 17.7. The van der Waals surface area contributed by atoms with E-state index in [1.54, 1.807) is 36.7 Å². The van der Waals surface area contributed by atoms with Crippen LogP contribution in [0.4, 0.5) is 5.69 Å². The summed E-state index contributed by atoms with van der Waals surface area (Å²) in [6.45, 7) is 4.06. The second-order valence-corrected chi connectivity index (χ2v) is 8.40. The molecule has 0 radical (unpaired) electrons. The highest BCUT2D eigenvalue weighted by Gasteiger charge is 2.21. The number of rotatable bonds is 7. The minimum Gasteiger partial charge on any atom is -0.345 e. The van der Waals surface area contributed by atoms with E-state index in [2.05, 4.69) is 20.7 Å². The van der Waals surface area contributed by atoms with E-state index in [1.807, 2.05) is 54.9 Å². The van der Waals surface area contributed by atoms with Crippen molar-refractivity contribution >= 4 is 40.1 Å². The highest BCUT2D eigenvalue weighted by Crippen LogP contribution is 2.22. The van der Waals surface area contributed by atoms with Crippen molar-refractivity contribution in [2.75, 3.05) is 5.32 Å². The number of hydrogen-bond donors (Lipinski definition) is 2. The van der Waals surface area contributed by atoms with Gasteiger partial charge in [-0.15, -0.1) is 0 Å². The molecule has 168 valence electrons. The first-order valence-corrected chi connectivity index (χ1v) is 11.0. The van der Waals surface area contributed by atoms with Gasteiger partial charge in [0, 0.05) is 11.4 Å². The number of aromatic nitrogens is 3. The molecular formula is C25H24ClN5O2. The molecule has 1 atom stereocenters. The average molecular weight is 462 g/mol. The molecule has 2 N–H and O–H groups in total. The van der Waals surface area contributed by atoms with Gasteiger partial charge >= 0.3 is 0 Å². The third-order valence-corrected chi connectivity index (χ3v) is 5.55. The van der Waals surface area contributed by atoms with Crippen LogP contribution in [-0.4, -0.2) is 26.6 Å². The second-order valence-electron chi connectivity index (χ2n) is 7.99. The number of carbonyl (C=O) groups is 2. The fourth-order valence-corrected chi connectivity index (χ4v) is 3.82. The first kappa shape index (κ1) is 22.5. The summed E-state index contributed by atoms with van der Waals surface area (Å²) in [5.74, 6) is -0.591. The molecule has 2 amide bonds. The minimum atomic E-state index is -0.532. The van der Waals surface area contributed by atoms with Gasteiger partial charge in [-0.25, -0.2) is 9.67 Å². The molecule has 0 fully saturated rings. The molecule has 7 nitrogen and oxygen atoms in total. The third-order valence-electron chi connectivity index (χ3n) is 5.22. The smallest absolute Gasteiger partial charge is 0.253 e. The summed E-state index contributed by atoms with van der Waals surface area (Å²) in [4.78, 5) is 30.2. The Balaban J connectivity index is 1.51. The van der Waals surface area contributed by atoms with E-state index in [9.17, 15) is 9.59 Å². The zero-order valence-corrected chi connectivity index (χ0v) is 19.1. The summed E-state index contributed by atoms with van der Waals surface area (Å²) < 4.78 is 1.83. The van der Waals surface area contributed by atoms with Crippen molar-refractivity contribution in [1.29, 1.82) is 0 Å². The maximum atomic E-state index is 12.9. The number of amides is 2. The predicted octanol–water partition coefficient (Wildman–Crippen LogP) is 5.17. The van der Waals surface area contributed by atoms with Gasteiger partial charge in [0.2, 0.25) is 5.91 Å². The van der Waals surface area contributed by atoms with Gasteiger partial charge in [0.25, 0.3) is 5.91 Å². The maximum Gasteiger partial charge on any atom is 0.253 e. The van der Waals surface area contributed by atoms with E-state index in [-0.39, 0.29) is 24.3 Å². The van der Waals surface area contributed by atoms with Crippen molar-refractivity contribution in [3.8, 4) is 0 Å². The summed E-state index contributed by atoms with van der Waals surface area (Å²) in [5, 5.41) is 11.4. The Morgan fingerprint density at radius 1 is 1.03 bits per heavy atom. The van der Waals surface area contributed by atoms with Gasteiger partial charge in [-0.05, 0) is 37.6 Å². The van der Waals surface area contributed by atoms with Crippen molar-refractivity contribution in [2.45, 2.75) is 32.4 Å². The largest absolute Gasteiger partial charge is 0.345 e. The Morgan fingerprint density at radius 3 is 2.48 bits per heavy atom. The van der Waals surface area contributed by atoms with E-state index in [1.165, 1.54) is 0 Å². The van der Waals surface area contributed by atoms with Gasteiger partial charge in [-0.2, -0.15) is 5.10 Å². The van der Waals surface area contributed by atoms with Crippen LogP contribution in [0.3, 0.4) is 0 Å². The fraction of sp³-hybridized carbons (Fsp3) is 0.200. The van der Waals surface area contributed by atoms with Crippen molar-refractivity contribution in [2.24, 2.45) is 0 Å². The summed E-state index contributed by atoms with van der Waals surface area (Å²) >= 11 is 6.18. The lowest BCUT2D eigenvalue weighted by Gasteiger charge is -2.19. The van der Waals surface area contributed by atoms with Crippen LogP contribution in [0.2, 0.25) is 5.02 Å². The molecule has 0 aliphatic heterocycles. The number of halogens is 1. The number of nitrogens with one attached hydrogen (secondary N) is 2. The van der Waals surface area contributed by atoms with E-state index < -0.39 is 6.04 Å². The molecule has 2 heterocycles. The Hall–Kier alpha value is -3.71. The molecule has 33 heavy (non-hydrogen) atoms. The van der Waals surface area contributed by atoms with Crippen LogP contribution in [0.15, 0.2) is 73.1 Å². The van der Waals surface area contributed by atoms with Crippen LogP contribution in [-0.2, 0) is 4.79 Å². The van der Waals surface area contributed by atoms with Crippen molar-refractivity contribution in [3.05, 3.63) is 89.2 Å². The molecule has 1 unspecified atom stereocenters. The van der Waals surface area contributed by atoms with Crippen LogP contribution < -0.4 is 10.6 Å². The van der Waals surface area contributed by atoms with Crippen LogP contribution in [0.25, 0.3) is 11.0 Å². The van der Waals surface area contributed by atoms with Gasteiger partial charge in [-0.1, -0.05) is 54.1 Å². The molecule has 2 aromatic carbocycles. The third kappa shape index (κ3) is 5.21. The zero-order chi connectivity index (χ0) is 23.4. The lowest BCUT2D eigenvalue weighted by Crippen LogP contribution is -2.31. The van der Waals surface area contributed by atoms with E-state index >= 15 is 0 Å². The Bertz CT molecular complexity index is 1290. The number of nitrogens with zero attached hydrogens (tertiary/aromatic N) is 3. The number of carbonyl (C=O) groups excluding carboxylic acids is 2. The molecule has 0 spiro atoms. The molecule has 4 rings (SSSR count). The highest BCUT2D eigenvalue weighted by molar-refractivity contribution is 6.33. The zero-order valence-electron chi connectivity index (χ0n) is 18.3. The van der Waals surface area contributed by atoms with E-state index in [0.717, 1.165) is 16.6 Å². The van der Waals surface area contributed by atoms with Gasteiger partial charge < -0.3 is 10.6 Å². The van der Waals surface area contributed by atoms with Crippen molar-refractivity contribution < 1.29 is 9.59 Å². The van der Waals surface area contributed by atoms with Crippen molar-refractivity contribution in [3.63, 3.8) is 0 Å². The molecule has 0 bridgehead atoms. The predicted molar refractivity (Wildman–Crippen MR) is 129 cm³/mol. The lowest BCUT2D eigenvalue weighted by atomic mass is 10.0. The number of anilines is 1. The Morgan fingerprint density at radius 2 is 1.76 bits per heavy atom. The van der Waals surface area contributed by atoms with Gasteiger partial charge in [0.1, 0.15) is 0 Å². The Kier molecular flexibility index (Phi) is 6.70. The average Bonchev–Trinajstić information content (AvgIpc) is 3.23. The summed E-state index contributed by atoms with van der Waals surface area (Å²) in [7, 11) is 0. The SMILES string of the molecule is CC(C)n1ncc2cc(NC(=O)CC(NC(=O)c3ccccc3Cl)c3ccccc3)cnc21. The molecule has 0 aliphatic rings. The molecule has 0 aliphatic carbocycles.